The van der Waals surface area contributed by atoms with Crippen molar-refractivity contribution in [2.24, 2.45) is 11.8 Å². The zero-order chi connectivity index (χ0) is 13.8. The van der Waals surface area contributed by atoms with E-state index in [9.17, 15) is 4.79 Å². The smallest absolute Gasteiger partial charge is 0.246 e. The average molecular weight is 278 g/mol. The van der Waals surface area contributed by atoms with E-state index in [2.05, 4.69) is 13.8 Å². The van der Waals surface area contributed by atoms with Crippen molar-refractivity contribution in [1.82, 2.24) is 4.90 Å². The number of likely N-dealkylation sites (tertiary alicyclic amines) is 1. The Morgan fingerprint density at radius 1 is 1.21 bits per heavy atom. The number of amides is 1. The van der Waals surface area contributed by atoms with Gasteiger partial charge in [0.1, 0.15) is 0 Å². The van der Waals surface area contributed by atoms with Crippen LogP contribution in [0.4, 0.5) is 0 Å². The number of carbonyl (C=O) groups is 1. The predicted molar refractivity (Wildman–Crippen MR) is 80.0 cm³/mol. The highest BCUT2D eigenvalue weighted by molar-refractivity contribution is 6.30. The van der Waals surface area contributed by atoms with Gasteiger partial charge in [0.05, 0.1) is 0 Å². The zero-order valence-corrected chi connectivity index (χ0v) is 12.2. The van der Waals surface area contributed by atoms with Crippen molar-refractivity contribution in [2.75, 3.05) is 13.1 Å². The Morgan fingerprint density at radius 3 is 2.37 bits per heavy atom. The number of halogens is 1. The van der Waals surface area contributed by atoms with E-state index in [1.165, 1.54) is 6.42 Å². The van der Waals surface area contributed by atoms with Crippen molar-refractivity contribution in [1.29, 1.82) is 0 Å². The minimum Gasteiger partial charge on any atom is -0.339 e. The summed E-state index contributed by atoms with van der Waals surface area (Å²) in [5, 5.41) is 0.710. The number of benzene rings is 1. The summed E-state index contributed by atoms with van der Waals surface area (Å²) in [6.07, 6.45) is 4.72. The zero-order valence-electron chi connectivity index (χ0n) is 11.5. The van der Waals surface area contributed by atoms with E-state index in [-0.39, 0.29) is 5.91 Å². The predicted octanol–water partition coefficient (Wildman–Crippen LogP) is 3.86. The van der Waals surface area contributed by atoms with Crippen molar-refractivity contribution >= 4 is 23.6 Å². The fraction of sp³-hybridized carbons (Fsp3) is 0.438. The molecule has 2 nitrogen and oxygen atoms in total. The molecule has 0 N–H and O–H groups in total. The summed E-state index contributed by atoms with van der Waals surface area (Å²) in [5.74, 6) is 1.29. The second-order valence-corrected chi connectivity index (χ2v) is 6.01. The molecule has 0 bridgehead atoms. The van der Waals surface area contributed by atoms with Gasteiger partial charge in [-0.2, -0.15) is 0 Å². The quantitative estimate of drug-likeness (QED) is 0.752. The third-order valence-corrected chi connectivity index (χ3v) is 3.72. The number of piperidine rings is 1. The number of hydrogen-bond donors (Lipinski definition) is 0. The molecular weight excluding hydrogens is 258 g/mol. The normalized spacial score (nSPS) is 23.8. The molecule has 1 aromatic carbocycles. The molecule has 1 saturated heterocycles. The fourth-order valence-electron chi connectivity index (χ4n) is 2.69. The molecule has 1 heterocycles. The van der Waals surface area contributed by atoms with Gasteiger partial charge in [0.15, 0.2) is 0 Å². The summed E-state index contributed by atoms with van der Waals surface area (Å²) in [4.78, 5) is 14.1. The van der Waals surface area contributed by atoms with Gasteiger partial charge in [-0.1, -0.05) is 37.6 Å². The molecule has 0 saturated carbocycles. The van der Waals surface area contributed by atoms with Gasteiger partial charge in [0.2, 0.25) is 5.91 Å². The van der Waals surface area contributed by atoms with Crippen LogP contribution in [0.2, 0.25) is 5.02 Å². The first-order chi connectivity index (χ1) is 9.04. The Kier molecular flexibility index (Phi) is 4.65. The monoisotopic (exact) mass is 277 g/mol. The Bertz CT molecular complexity index is 456. The minimum absolute atomic E-state index is 0.105. The number of nitrogens with zero attached hydrogens (tertiary/aromatic N) is 1. The van der Waals surface area contributed by atoms with E-state index in [4.69, 9.17) is 11.6 Å². The summed E-state index contributed by atoms with van der Waals surface area (Å²) in [7, 11) is 0. The third-order valence-electron chi connectivity index (χ3n) is 3.47. The molecule has 0 radical (unpaired) electrons. The Morgan fingerprint density at radius 2 is 1.79 bits per heavy atom. The van der Waals surface area contributed by atoms with E-state index in [1.807, 2.05) is 35.2 Å². The molecular formula is C16H20ClNO. The molecule has 0 spiro atoms. The maximum Gasteiger partial charge on any atom is 0.246 e. The van der Waals surface area contributed by atoms with Gasteiger partial charge in [0.25, 0.3) is 0 Å². The van der Waals surface area contributed by atoms with Gasteiger partial charge in [0, 0.05) is 24.2 Å². The van der Waals surface area contributed by atoms with Crippen LogP contribution in [0.25, 0.3) is 6.08 Å². The molecule has 3 heteroatoms. The summed E-state index contributed by atoms with van der Waals surface area (Å²) in [5.41, 5.74) is 0.996. The lowest BCUT2D eigenvalue weighted by Gasteiger charge is -2.34. The van der Waals surface area contributed by atoms with Crippen LogP contribution in [0.3, 0.4) is 0 Å². The van der Waals surface area contributed by atoms with Crippen LogP contribution in [-0.4, -0.2) is 23.9 Å². The second-order valence-electron chi connectivity index (χ2n) is 5.57. The SMILES string of the molecule is C[C@H]1C[C@H](C)CN(C(=O)/C=C/c2ccc(Cl)cc2)C1. The van der Waals surface area contributed by atoms with Crippen LogP contribution in [-0.2, 0) is 4.79 Å². The van der Waals surface area contributed by atoms with Gasteiger partial charge in [-0.15, -0.1) is 0 Å². The minimum atomic E-state index is 0.105. The van der Waals surface area contributed by atoms with Gasteiger partial charge >= 0.3 is 0 Å². The van der Waals surface area contributed by atoms with Crippen LogP contribution in [0.15, 0.2) is 30.3 Å². The molecule has 1 amide bonds. The van der Waals surface area contributed by atoms with Crippen LogP contribution in [0.1, 0.15) is 25.8 Å². The highest BCUT2D eigenvalue weighted by Crippen LogP contribution is 2.21. The topological polar surface area (TPSA) is 20.3 Å². The number of rotatable bonds is 2. The van der Waals surface area contributed by atoms with Crippen LogP contribution in [0, 0.1) is 11.8 Å². The first-order valence-corrected chi connectivity index (χ1v) is 7.15. The lowest BCUT2D eigenvalue weighted by Crippen LogP contribution is -2.41. The number of hydrogen-bond acceptors (Lipinski definition) is 1. The fourth-order valence-corrected chi connectivity index (χ4v) is 2.82. The third kappa shape index (κ3) is 4.10. The molecule has 1 aliphatic rings. The summed E-state index contributed by atoms with van der Waals surface area (Å²) < 4.78 is 0. The molecule has 102 valence electrons. The van der Waals surface area contributed by atoms with Gasteiger partial charge in [-0.05, 0) is 42.0 Å². The first-order valence-electron chi connectivity index (χ1n) is 6.77. The molecule has 0 aromatic heterocycles. The largest absolute Gasteiger partial charge is 0.339 e. The molecule has 0 unspecified atom stereocenters. The van der Waals surface area contributed by atoms with E-state index in [0.717, 1.165) is 18.7 Å². The van der Waals surface area contributed by atoms with Crippen LogP contribution < -0.4 is 0 Å². The first kappa shape index (κ1) is 14.1. The van der Waals surface area contributed by atoms with Crippen molar-refractivity contribution in [3.63, 3.8) is 0 Å². The lowest BCUT2D eigenvalue weighted by molar-refractivity contribution is -0.128. The van der Waals surface area contributed by atoms with Crippen molar-refractivity contribution in [3.8, 4) is 0 Å². The maximum atomic E-state index is 12.1. The average Bonchev–Trinajstić information content (AvgIpc) is 2.36. The standard InChI is InChI=1S/C16H20ClNO/c1-12-9-13(2)11-18(10-12)16(19)8-5-14-3-6-15(17)7-4-14/h3-8,12-13H,9-11H2,1-2H3/b8-5+/t12-,13-/m0/s1. The van der Waals surface area contributed by atoms with E-state index >= 15 is 0 Å². The maximum absolute atomic E-state index is 12.1. The van der Waals surface area contributed by atoms with Gasteiger partial charge in [-0.25, -0.2) is 0 Å². The van der Waals surface area contributed by atoms with Crippen LogP contribution in [0.5, 0.6) is 0 Å². The van der Waals surface area contributed by atoms with Crippen molar-refractivity contribution in [3.05, 3.63) is 40.9 Å². The van der Waals surface area contributed by atoms with E-state index in [1.54, 1.807) is 6.08 Å². The van der Waals surface area contributed by atoms with Crippen molar-refractivity contribution in [2.45, 2.75) is 20.3 Å². The Labute approximate surface area is 120 Å². The summed E-state index contributed by atoms with van der Waals surface area (Å²) in [6.45, 7) is 6.15. The Balaban J connectivity index is 1.98. The number of carbonyl (C=O) groups excluding carboxylic acids is 1. The molecule has 1 fully saturated rings. The van der Waals surface area contributed by atoms with E-state index < -0.39 is 0 Å². The Hall–Kier alpha value is -1.28. The summed E-state index contributed by atoms with van der Waals surface area (Å²) in [6, 6.07) is 7.48. The lowest BCUT2D eigenvalue weighted by atomic mass is 9.92. The highest BCUT2D eigenvalue weighted by atomic mass is 35.5. The molecule has 0 aliphatic carbocycles. The van der Waals surface area contributed by atoms with Crippen molar-refractivity contribution < 1.29 is 4.79 Å². The second kappa shape index (κ2) is 6.25. The van der Waals surface area contributed by atoms with Gasteiger partial charge in [-0.3, -0.25) is 4.79 Å². The molecule has 1 aliphatic heterocycles. The van der Waals surface area contributed by atoms with Gasteiger partial charge < -0.3 is 4.90 Å². The molecule has 2 atom stereocenters. The molecule has 2 rings (SSSR count). The summed E-state index contributed by atoms with van der Waals surface area (Å²) >= 11 is 5.83. The van der Waals surface area contributed by atoms with E-state index in [0.29, 0.717) is 16.9 Å². The van der Waals surface area contributed by atoms with Crippen LogP contribution >= 0.6 is 11.6 Å². The highest BCUT2D eigenvalue weighted by Gasteiger charge is 2.23. The molecule has 19 heavy (non-hydrogen) atoms. The molecule has 1 aromatic rings.